The summed E-state index contributed by atoms with van der Waals surface area (Å²) in [4.78, 5) is 10.9. The van der Waals surface area contributed by atoms with Crippen molar-refractivity contribution in [3.8, 4) is 0 Å². The molecule has 0 saturated carbocycles. The van der Waals surface area contributed by atoms with Crippen LogP contribution in [0.5, 0.6) is 0 Å². The normalized spacial score (nSPS) is 11.2. The lowest BCUT2D eigenvalue weighted by Crippen LogP contribution is -2.09. The van der Waals surface area contributed by atoms with Gasteiger partial charge in [0.1, 0.15) is 0 Å². The predicted octanol–water partition coefficient (Wildman–Crippen LogP) is 1.10. The molecule has 0 saturated heterocycles. The number of rotatable bonds is 7. The largest absolute Gasteiger partial charge is 0.475 e. The van der Waals surface area contributed by atoms with Gasteiger partial charge in [0, 0.05) is 0 Å². The zero-order valence-electron chi connectivity index (χ0n) is 9.20. The van der Waals surface area contributed by atoms with E-state index in [-0.39, 0.29) is 25.8 Å². The molecule has 0 aromatic heterocycles. The van der Waals surface area contributed by atoms with Crippen molar-refractivity contribution in [2.75, 3.05) is 20.0 Å². The average Bonchev–Trinajstić information content (AvgIpc) is 2.34. The molecule has 5 nitrogen and oxygen atoms in total. The second kappa shape index (κ2) is 7.43. The summed E-state index contributed by atoms with van der Waals surface area (Å²) >= 11 is 0. The van der Waals surface area contributed by atoms with E-state index in [9.17, 15) is 4.79 Å². The highest BCUT2D eigenvalue weighted by molar-refractivity contribution is 5.89. The molecule has 0 spiro atoms. The Labute approximate surface area is 98.9 Å². The van der Waals surface area contributed by atoms with Crippen LogP contribution in [0.25, 0.3) is 6.08 Å². The second-order valence-corrected chi connectivity index (χ2v) is 3.12. The molecule has 1 rings (SSSR count). The smallest absolute Gasteiger partial charge is 0.371 e. The minimum atomic E-state index is -1.17. The molecule has 92 valence electrons. The Morgan fingerprint density at radius 3 is 2.59 bits per heavy atom. The van der Waals surface area contributed by atoms with Crippen molar-refractivity contribution in [3.05, 3.63) is 41.7 Å². The molecule has 0 aliphatic heterocycles. The van der Waals surface area contributed by atoms with E-state index >= 15 is 0 Å². The first-order valence-corrected chi connectivity index (χ1v) is 5.05. The first-order chi connectivity index (χ1) is 8.24. The predicted molar refractivity (Wildman–Crippen MR) is 61.0 cm³/mol. The Balaban J connectivity index is 2.60. The van der Waals surface area contributed by atoms with Crippen LogP contribution in [0.1, 0.15) is 5.56 Å². The first kappa shape index (κ1) is 13.2. The van der Waals surface area contributed by atoms with Crippen LogP contribution >= 0.6 is 0 Å². The maximum atomic E-state index is 10.9. The highest BCUT2D eigenvalue weighted by atomic mass is 16.7. The first-order valence-electron chi connectivity index (χ1n) is 5.05. The number of hydrogen-bond donors (Lipinski definition) is 2. The SMILES string of the molecule is O=C(O)C(=Cc1ccccc1)OCOCCO. The fourth-order valence-electron chi connectivity index (χ4n) is 1.09. The number of carboxylic acids is 1. The molecule has 5 heteroatoms. The summed E-state index contributed by atoms with van der Waals surface area (Å²) in [5.74, 6) is -1.37. The third-order valence-electron chi connectivity index (χ3n) is 1.84. The van der Waals surface area contributed by atoms with Crippen LogP contribution in [0.4, 0.5) is 0 Å². The maximum absolute atomic E-state index is 10.9. The van der Waals surface area contributed by atoms with Gasteiger partial charge in [-0.2, -0.15) is 0 Å². The van der Waals surface area contributed by atoms with Crippen LogP contribution in [-0.4, -0.2) is 36.2 Å². The van der Waals surface area contributed by atoms with Crippen LogP contribution < -0.4 is 0 Å². The van der Waals surface area contributed by atoms with Crippen molar-refractivity contribution in [1.82, 2.24) is 0 Å². The number of hydrogen-bond acceptors (Lipinski definition) is 4. The fourth-order valence-corrected chi connectivity index (χ4v) is 1.09. The molecule has 0 aliphatic carbocycles. The highest BCUT2D eigenvalue weighted by Crippen LogP contribution is 2.08. The molecule has 0 bridgehead atoms. The summed E-state index contributed by atoms with van der Waals surface area (Å²) in [6.45, 7) is -0.224. The third-order valence-corrected chi connectivity index (χ3v) is 1.84. The van der Waals surface area contributed by atoms with Crippen LogP contribution in [0.2, 0.25) is 0 Å². The van der Waals surface area contributed by atoms with E-state index in [4.69, 9.17) is 19.7 Å². The zero-order chi connectivity index (χ0) is 12.5. The fraction of sp³-hybridized carbons (Fsp3) is 0.250. The van der Waals surface area contributed by atoms with E-state index in [1.165, 1.54) is 6.08 Å². The molecule has 1 aromatic carbocycles. The van der Waals surface area contributed by atoms with E-state index in [0.29, 0.717) is 0 Å². The van der Waals surface area contributed by atoms with Crippen molar-refractivity contribution >= 4 is 12.0 Å². The highest BCUT2D eigenvalue weighted by Gasteiger charge is 2.08. The minimum Gasteiger partial charge on any atom is -0.475 e. The van der Waals surface area contributed by atoms with E-state index in [1.807, 2.05) is 6.07 Å². The molecule has 0 unspecified atom stereocenters. The van der Waals surface area contributed by atoms with E-state index in [1.54, 1.807) is 24.3 Å². The Hall–Kier alpha value is -1.85. The quantitative estimate of drug-likeness (QED) is 0.322. The van der Waals surface area contributed by atoms with Gasteiger partial charge in [-0.1, -0.05) is 30.3 Å². The summed E-state index contributed by atoms with van der Waals surface area (Å²) in [6, 6.07) is 8.96. The Bertz CT molecular complexity index is 372. The van der Waals surface area contributed by atoms with E-state index in [2.05, 4.69) is 0 Å². The van der Waals surface area contributed by atoms with Crippen molar-refractivity contribution < 1.29 is 24.5 Å². The Kier molecular flexibility index (Phi) is 5.77. The monoisotopic (exact) mass is 238 g/mol. The van der Waals surface area contributed by atoms with Crippen molar-refractivity contribution in [3.63, 3.8) is 0 Å². The molecule has 0 radical (unpaired) electrons. The van der Waals surface area contributed by atoms with E-state index < -0.39 is 5.97 Å². The lowest BCUT2D eigenvalue weighted by atomic mass is 10.2. The van der Waals surface area contributed by atoms with E-state index in [0.717, 1.165) is 5.56 Å². The second-order valence-electron chi connectivity index (χ2n) is 3.12. The van der Waals surface area contributed by atoms with Crippen LogP contribution in [0.3, 0.4) is 0 Å². The molecule has 17 heavy (non-hydrogen) atoms. The van der Waals surface area contributed by atoms with Crippen molar-refractivity contribution in [1.29, 1.82) is 0 Å². The molecular weight excluding hydrogens is 224 g/mol. The summed E-state index contributed by atoms with van der Waals surface area (Å²) in [7, 11) is 0. The molecule has 0 aliphatic rings. The van der Waals surface area contributed by atoms with Gasteiger partial charge in [0.15, 0.2) is 6.79 Å². The number of carboxylic acid groups (broad SMARTS) is 1. The number of benzene rings is 1. The molecule has 1 aromatic rings. The van der Waals surface area contributed by atoms with Gasteiger partial charge in [0.25, 0.3) is 0 Å². The van der Waals surface area contributed by atoms with Crippen molar-refractivity contribution in [2.45, 2.75) is 0 Å². The van der Waals surface area contributed by atoms with Gasteiger partial charge < -0.3 is 19.7 Å². The third kappa shape index (κ3) is 5.14. The topological polar surface area (TPSA) is 76.0 Å². The number of aliphatic hydroxyl groups excluding tert-OH is 1. The molecule has 0 fully saturated rings. The Morgan fingerprint density at radius 2 is 2.00 bits per heavy atom. The molecule has 0 atom stereocenters. The van der Waals surface area contributed by atoms with Gasteiger partial charge in [0.05, 0.1) is 13.2 Å². The summed E-state index contributed by atoms with van der Waals surface area (Å²) in [6.07, 6.45) is 1.41. The summed E-state index contributed by atoms with van der Waals surface area (Å²) in [5.41, 5.74) is 0.729. The standard InChI is InChI=1S/C12H14O5/c13-6-7-16-9-17-11(12(14)15)8-10-4-2-1-3-5-10/h1-5,8,13H,6-7,9H2,(H,14,15). The minimum absolute atomic E-state index is 0.109. The number of carbonyl (C=O) groups is 1. The average molecular weight is 238 g/mol. The molecule has 2 N–H and O–H groups in total. The van der Waals surface area contributed by atoms with Gasteiger partial charge in [-0.05, 0) is 11.6 Å². The van der Waals surface area contributed by atoms with Gasteiger partial charge in [-0.25, -0.2) is 4.79 Å². The Morgan fingerprint density at radius 1 is 1.29 bits per heavy atom. The van der Waals surface area contributed by atoms with Gasteiger partial charge in [-0.15, -0.1) is 0 Å². The number of ether oxygens (including phenoxy) is 2. The molecule has 0 heterocycles. The molecular formula is C12H14O5. The van der Waals surface area contributed by atoms with Crippen LogP contribution in [-0.2, 0) is 14.3 Å². The lowest BCUT2D eigenvalue weighted by molar-refractivity contribution is -0.139. The number of aliphatic hydroxyl groups is 1. The van der Waals surface area contributed by atoms with Crippen LogP contribution in [0.15, 0.2) is 36.1 Å². The number of aliphatic carboxylic acids is 1. The maximum Gasteiger partial charge on any atom is 0.371 e. The molecule has 0 amide bonds. The van der Waals surface area contributed by atoms with Gasteiger partial charge in [-0.3, -0.25) is 0 Å². The summed E-state index contributed by atoms with van der Waals surface area (Å²) in [5, 5.41) is 17.4. The van der Waals surface area contributed by atoms with Crippen LogP contribution in [0, 0.1) is 0 Å². The van der Waals surface area contributed by atoms with Crippen molar-refractivity contribution in [2.24, 2.45) is 0 Å². The zero-order valence-corrected chi connectivity index (χ0v) is 9.20. The lowest BCUT2D eigenvalue weighted by Gasteiger charge is -2.06. The summed E-state index contributed by atoms with van der Waals surface area (Å²) < 4.78 is 9.76. The van der Waals surface area contributed by atoms with Gasteiger partial charge >= 0.3 is 5.97 Å². The van der Waals surface area contributed by atoms with Gasteiger partial charge in [0.2, 0.25) is 5.76 Å².